The first-order valence-corrected chi connectivity index (χ1v) is 8.42. The molecule has 1 saturated heterocycles. The topological polar surface area (TPSA) is 6.48 Å². The van der Waals surface area contributed by atoms with Crippen molar-refractivity contribution in [3.63, 3.8) is 0 Å². The molecule has 1 atom stereocenters. The number of nitrogens with zero attached hydrogens (tertiary/aromatic N) is 2. The first-order chi connectivity index (χ1) is 10.2. The van der Waals surface area contributed by atoms with Gasteiger partial charge in [-0.2, -0.15) is 0 Å². The Morgan fingerprint density at radius 2 is 1.71 bits per heavy atom. The van der Waals surface area contributed by atoms with Gasteiger partial charge in [-0.3, -0.25) is 4.90 Å². The summed E-state index contributed by atoms with van der Waals surface area (Å²) in [4.78, 5) is 5.07. The maximum absolute atomic E-state index is 13.0. The molecular weight excluding hydrogens is 263 g/mol. The smallest absolute Gasteiger partial charge is 0.123 e. The lowest BCUT2D eigenvalue weighted by Crippen LogP contribution is -2.55. The van der Waals surface area contributed by atoms with Gasteiger partial charge in [0.1, 0.15) is 5.82 Å². The first kappa shape index (κ1) is 16.3. The molecule has 118 valence electrons. The quantitative estimate of drug-likeness (QED) is 0.771. The summed E-state index contributed by atoms with van der Waals surface area (Å²) in [7, 11) is 0. The minimum absolute atomic E-state index is 0.156. The molecule has 1 heterocycles. The van der Waals surface area contributed by atoms with Crippen LogP contribution in [0.3, 0.4) is 0 Å². The predicted octanol–water partition coefficient (Wildman–Crippen LogP) is 4.31. The van der Waals surface area contributed by atoms with Crippen molar-refractivity contribution in [2.24, 2.45) is 0 Å². The van der Waals surface area contributed by atoms with Gasteiger partial charge >= 0.3 is 0 Å². The number of halogens is 1. The van der Waals surface area contributed by atoms with Gasteiger partial charge in [-0.25, -0.2) is 4.39 Å². The molecule has 0 amide bonds. The summed E-state index contributed by atoms with van der Waals surface area (Å²) in [6.07, 6.45) is 5.12. The largest absolute Gasteiger partial charge is 0.369 e. The van der Waals surface area contributed by atoms with Crippen LogP contribution < -0.4 is 4.90 Å². The molecule has 2 rings (SSSR count). The summed E-state index contributed by atoms with van der Waals surface area (Å²) < 4.78 is 13.0. The molecule has 0 radical (unpaired) electrons. The van der Waals surface area contributed by atoms with Crippen LogP contribution in [0.1, 0.15) is 46.5 Å². The fraction of sp³-hybridized carbons (Fsp3) is 0.667. The van der Waals surface area contributed by atoms with Crippen molar-refractivity contribution in [1.82, 2.24) is 4.90 Å². The maximum atomic E-state index is 13.0. The zero-order valence-electron chi connectivity index (χ0n) is 13.7. The number of piperazine rings is 1. The van der Waals surface area contributed by atoms with Gasteiger partial charge in [0.25, 0.3) is 0 Å². The molecule has 1 aromatic rings. The van der Waals surface area contributed by atoms with Crippen LogP contribution in [0, 0.1) is 5.82 Å². The van der Waals surface area contributed by atoms with Gasteiger partial charge in [-0.05, 0) is 44.0 Å². The second-order valence-corrected chi connectivity index (χ2v) is 6.24. The van der Waals surface area contributed by atoms with Crippen LogP contribution in [-0.2, 0) is 0 Å². The normalized spacial score (nSPS) is 20.2. The third-order valence-corrected chi connectivity index (χ3v) is 4.58. The Morgan fingerprint density at radius 1 is 1.10 bits per heavy atom. The zero-order chi connectivity index (χ0) is 15.2. The van der Waals surface area contributed by atoms with Crippen molar-refractivity contribution < 1.29 is 4.39 Å². The third kappa shape index (κ3) is 4.19. The van der Waals surface area contributed by atoms with Crippen molar-refractivity contribution in [2.45, 2.75) is 58.5 Å². The number of anilines is 1. The second kappa shape index (κ2) is 7.79. The lowest BCUT2D eigenvalue weighted by Gasteiger charge is -2.45. The van der Waals surface area contributed by atoms with Crippen LogP contribution in [0.15, 0.2) is 24.3 Å². The molecule has 1 aromatic carbocycles. The summed E-state index contributed by atoms with van der Waals surface area (Å²) in [5.74, 6) is -0.156. The van der Waals surface area contributed by atoms with E-state index in [-0.39, 0.29) is 5.82 Å². The van der Waals surface area contributed by atoms with E-state index in [2.05, 4.69) is 30.6 Å². The maximum Gasteiger partial charge on any atom is 0.123 e. The van der Waals surface area contributed by atoms with Gasteiger partial charge in [0, 0.05) is 37.4 Å². The van der Waals surface area contributed by atoms with Crippen molar-refractivity contribution in [1.29, 1.82) is 0 Å². The second-order valence-electron chi connectivity index (χ2n) is 6.24. The van der Waals surface area contributed by atoms with E-state index in [1.165, 1.54) is 25.7 Å². The molecule has 0 spiro atoms. The van der Waals surface area contributed by atoms with E-state index in [1.54, 1.807) is 12.1 Å². The minimum atomic E-state index is -0.156. The zero-order valence-corrected chi connectivity index (χ0v) is 13.7. The molecule has 0 N–H and O–H groups in total. The standard InChI is InChI=1S/C18H29FN2/c1-4-6-18(7-5-2)21-13-12-20(14-15(21)3)17-10-8-16(19)9-11-17/h8-11,15,18H,4-7,12-14H2,1-3H3/t15-/m1/s1. The summed E-state index contributed by atoms with van der Waals surface area (Å²) in [6, 6.07) is 8.20. The highest BCUT2D eigenvalue weighted by Gasteiger charge is 2.28. The van der Waals surface area contributed by atoms with Crippen molar-refractivity contribution in [3.05, 3.63) is 30.1 Å². The Kier molecular flexibility index (Phi) is 6.04. The molecular formula is C18H29FN2. The average Bonchev–Trinajstić information content (AvgIpc) is 2.48. The molecule has 0 aliphatic carbocycles. The van der Waals surface area contributed by atoms with Crippen LogP contribution in [0.5, 0.6) is 0 Å². The number of benzene rings is 1. The lowest BCUT2D eigenvalue weighted by atomic mass is 10.0. The molecule has 2 nitrogen and oxygen atoms in total. The summed E-state index contributed by atoms with van der Waals surface area (Å²) in [5, 5.41) is 0. The average molecular weight is 292 g/mol. The molecule has 0 aromatic heterocycles. The highest BCUT2D eigenvalue weighted by molar-refractivity contribution is 5.46. The van der Waals surface area contributed by atoms with Crippen LogP contribution in [-0.4, -0.2) is 36.6 Å². The molecule has 21 heavy (non-hydrogen) atoms. The van der Waals surface area contributed by atoms with Crippen molar-refractivity contribution in [3.8, 4) is 0 Å². The van der Waals surface area contributed by atoms with Gasteiger partial charge in [0.2, 0.25) is 0 Å². The molecule has 0 saturated carbocycles. The fourth-order valence-corrected chi connectivity index (χ4v) is 3.54. The highest BCUT2D eigenvalue weighted by atomic mass is 19.1. The van der Waals surface area contributed by atoms with Gasteiger partial charge in [0.15, 0.2) is 0 Å². The summed E-state index contributed by atoms with van der Waals surface area (Å²) in [6.45, 7) is 10.1. The number of hydrogen-bond acceptors (Lipinski definition) is 2. The molecule has 1 aliphatic heterocycles. The molecule has 0 unspecified atom stereocenters. The van der Waals surface area contributed by atoms with Gasteiger partial charge in [0.05, 0.1) is 0 Å². The van der Waals surface area contributed by atoms with Crippen LogP contribution in [0.2, 0.25) is 0 Å². The lowest BCUT2D eigenvalue weighted by molar-refractivity contribution is 0.114. The molecule has 0 bridgehead atoms. The van der Waals surface area contributed by atoms with E-state index in [9.17, 15) is 4.39 Å². The van der Waals surface area contributed by atoms with Gasteiger partial charge < -0.3 is 4.90 Å². The third-order valence-electron chi connectivity index (χ3n) is 4.58. The van der Waals surface area contributed by atoms with Crippen LogP contribution in [0.4, 0.5) is 10.1 Å². The predicted molar refractivity (Wildman–Crippen MR) is 88.4 cm³/mol. The summed E-state index contributed by atoms with van der Waals surface area (Å²) >= 11 is 0. The van der Waals surface area contributed by atoms with Crippen LogP contribution >= 0.6 is 0 Å². The van der Waals surface area contributed by atoms with E-state index in [0.29, 0.717) is 6.04 Å². The van der Waals surface area contributed by atoms with Crippen molar-refractivity contribution in [2.75, 3.05) is 24.5 Å². The number of rotatable bonds is 6. The Hall–Kier alpha value is -1.09. The van der Waals surface area contributed by atoms with E-state index in [1.807, 2.05) is 12.1 Å². The molecule has 1 aliphatic rings. The van der Waals surface area contributed by atoms with E-state index in [4.69, 9.17) is 0 Å². The van der Waals surface area contributed by atoms with E-state index < -0.39 is 0 Å². The van der Waals surface area contributed by atoms with E-state index in [0.717, 1.165) is 31.4 Å². The molecule has 3 heteroatoms. The van der Waals surface area contributed by atoms with E-state index >= 15 is 0 Å². The monoisotopic (exact) mass is 292 g/mol. The van der Waals surface area contributed by atoms with Crippen LogP contribution in [0.25, 0.3) is 0 Å². The Bertz CT molecular complexity index is 412. The minimum Gasteiger partial charge on any atom is -0.369 e. The Balaban J connectivity index is 1.99. The highest BCUT2D eigenvalue weighted by Crippen LogP contribution is 2.23. The van der Waals surface area contributed by atoms with Gasteiger partial charge in [-0.1, -0.05) is 26.7 Å². The fourth-order valence-electron chi connectivity index (χ4n) is 3.54. The summed E-state index contributed by atoms with van der Waals surface area (Å²) in [5.41, 5.74) is 1.14. The van der Waals surface area contributed by atoms with Crippen molar-refractivity contribution >= 4 is 5.69 Å². The SMILES string of the molecule is CCCC(CCC)N1CCN(c2ccc(F)cc2)C[C@H]1C. The first-order valence-electron chi connectivity index (χ1n) is 8.42. The Labute approximate surface area is 128 Å². The number of hydrogen-bond donors (Lipinski definition) is 0. The van der Waals surface area contributed by atoms with Gasteiger partial charge in [-0.15, -0.1) is 0 Å². The molecule has 1 fully saturated rings. The Morgan fingerprint density at radius 3 is 2.24 bits per heavy atom.